The maximum atomic E-state index is 12.3. The molecule has 7 nitrogen and oxygen atoms in total. The Morgan fingerprint density at radius 2 is 1.71 bits per heavy atom. The van der Waals surface area contributed by atoms with Gasteiger partial charge in [0.2, 0.25) is 11.8 Å². The Balaban J connectivity index is 5.00. The van der Waals surface area contributed by atoms with E-state index in [1.54, 1.807) is 0 Å². The molecule has 122 valence electrons. The fourth-order valence-electron chi connectivity index (χ4n) is 1.94. The number of carbonyl (C=O) groups excluding carboxylic acids is 2. The second-order valence-corrected chi connectivity index (χ2v) is 5.53. The molecule has 0 bridgehead atoms. The number of aliphatic carboxylic acids is 1. The van der Waals surface area contributed by atoms with Crippen LogP contribution < -0.4 is 5.73 Å². The van der Waals surface area contributed by atoms with Crippen LogP contribution in [0.5, 0.6) is 0 Å². The fourth-order valence-corrected chi connectivity index (χ4v) is 1.94. The van der Waals surface area contributed by atoms with Crippen molar-refractivity contribution in [2.24, 2.45) is 11.7 Å². The van der Waals surface area contributed by atoms with Crippen LogP contribution in [0.15, 0.2) is 0 Å². The maximum Gasteiger partial charge on any atom is 0.326 e. The van der Waals surface area contributed by atoms with E-state index in [9.17, 15) is 14.4 Å². The number of amides is 2. The second-order valence-electron chi connectivity index (χ2n) is 5.53. The molecule has 21 heavy (non-hydrogen) atoms. The molecule has 0 saturated carbocycles. The Labute approximate surface area is 125 Å². The number of hydrogen-bond donors (Lipinski definition) is 3. The van der Waals surface area contributed by atoms with E-state index in [-0.39, 0.29) is 18.9 Å². The van der Waals surface area contributed by atoms with Crippen molar-refractivity contribution in [3.8, 4) is 0 Å². The Bertz CT molecular complexity index is 370. The summed E-state index contributed by atoms with van der Waals surface area (Å²) in [5.74, 6) is -2.32. The van der Waals surface area contributed by atoms with Crippen LogP contribution in [0.4, 0.5) is 0 Å². The zero-order valence-electron chi connectivity index (χ0n) is 12.9. The summed E-state index contributed by atoms with van der Waals surface area (Å²) in [4.78, 5) is 36.2. The maximum absolute atomic E-state index is 12.3. The first kappa shape index (κ1) is 19.5. The van der Waals surface area contributed by atoms with Crippen molar-refractivity contribution in [2.45, 2.75) is 58.5 Å². The lowest BCUT2D eigenvalue weighted by molar-refractivity contribution is -0.158. The molecule has 0 spiro atoms. The molecule has 0 rings (SSSR count). The highest BCUT2D eigenvalue weighted by molar-refractivity contribution is 6.01. The van der Waals surface area contributed by atoms with Crippen LogP contribution in [0.25, 0.3) is 0 Å². The number of carboxylic acids is 1. The van der Waals surface area contributed by atoms with Crippen LogP contribution in [0.1, 0.15) is 46.5 Å². The van der Waals surface area contributed by atoms with Crippen LogP contribution in [0.3, 0.4) is 0 Å². The van der Waals surface area contributed by atoms with Crippen molar-refractivity contribution in [2.75, 3.05) is 6.61 Å². The summed E-state index contributed by atoms with van der Waals surface area (Å²) in [5.41, 5.74) is 5.77. The third-order valence-electron chi connectivity index (χ3n) is 3.09. The molecule has 0 aliphatic rings. The number of unbranched alkanes of at least 4 members (excludes halogenated alkanes) is 1. The van der Waals surface area contributed by atoms with Gasteiger partial charge in [-0.1, -0.05) is 13.8 Å². The van der Waals surface area contributed by atoms with Gasteiger partial charge >= 0.3 is 5.97 Å². The van der Waals surface area contributed by atoms with E-state index in [0.29, 0.717) is 19.3 Å². The van der Waals surface area contributed by atoms with Gasteiger partial charge in [0.1, 0.15) is 6.04 Å². The van der Waals surface area contributed by atoms with E-state index in [0.717, 1.165) is 4.90 Å². The summed E-state index contributed by atoms with van der Waals surface area (Å²) in [5, 5.41) is 17.8. The zero-order chi connectivity index (χ0) is 16.6. The van der Waals surface area contributed by atoms with Crippen LogP contribution in [-0.4, -0.2) is 51.6 Å². The lowest BCUT2D eigenvalue weighted by Crippen LogP contribution is -2.53. The van der Waals surface area contributed by atoms with Gasteiger partial charge in [0.15, 0.2) is 0 Å². The molecule has 0 unspecified atom stereocenters. The molecule has 0 aromatic rings. The lowest BCUT2D eigenvalue weighted by Gasteiger charge is -2.28. The largest absolute Gasteiger partial charge is 0.480 e. The number of nitrogens with two attached hydrogens (primary N) is 1. The van der Waals surface area contributed by atoms with E-state index in [4.69, 9.17) is 15.9 Å². The summed E-state index contributed by atoms with van der Waals surface area (Å²) in [7, 11) is 0. The van der Waals surface area contributed by atoms with E-state index in [1.807, 2.05) is 13.8 Å². The Morgan fingerprint density at radius 1 is 1.14 bits per heavy atom. The summed E-state index contributed by atoms with van der Waals surface area (Å²) < 4.78 is 0. The van der Waals surface area contributed by atoms with Crippen LogP contribution in [0.2, 0.25) is 0 Å². The molecule has 0 aromatic heterocycles. The molecule has 2 amide bonds. The molecule has 0 aromatic carbocycles. The van der Waals surface area contributed by atoms with Crippen LogP contribution in [-0.2, 0) is 14.4 Å². The Kier molecular flexibility index (Phi) is 8.80. The lowest BCUT2D eigenvalue weighted by atomic mass is 10.0. The first-order valence-corrected chi connectivity index (χ1v) is 7.17. The first-order chi connectivity index (χ1) is 9.72. The van der Waals surface area contributed by atoms with Gasteiger partial charge in [-0.25, -0.2) is 4.79 Å². The van der Waals surface area contributed by atoms with Gasteiger partial charge in [0.05, 0.1) is 6.04 Å². The SMILES string of the molecule is CC(C)C[C@H](N)C(=O)N(C(=O)CCCCO)[C@@H](C)C(=O)O. The number of aliphatic hydroxyl groups is 1. The first-order valence-electron chi connectivity index (χ1n) is 7.17. The quantitative estimate of drug-likeness (QED) is 0.528. The van der Waals surface area contributed by atoms with Crippen LogP contribution in [0, 0.1) is 5.92 Å². The molecule has 0 heterocycles. The molecule has 0 radical (unpaired) electrons. The average Bonchev–Trinajstić information content (AvgIpc) is 2.38. The van der Waals surface area contributed by atoms with Gasteiger partial charge in [-0.15, -0.1) is 0 Å². The molecule has 0 fully saturated rings. The summed E-state index contributed by atoms with van der Waals surface area (Å²) in [6.45, 7) is 5.01. The predicted molar refractivity (Wildman–Crippen MR) is 77.3 cm³/mol. The summed E-state index contributed by atoms with van der Waals surface area (Å²) in [6, 6.07) is -2.15. The van der Waals surface area contributed by atoms with Crippen molar-refractivity contribution >= 4 is 17.8 Å². The van der Waals surface area contributed by atoms with Crippen molar-refractivity contribution < 1.29 is 24.6 Å². The predicted octanol–water partition coefficient (Wildman–Crippen LogP) is 0.351. The highest BCUT2D eigenvalue weighted by atomic mass is 16.4. The van der Waals surface area contributed by atoms with Gasteiger partial charge in [0.25, 0.3) is 0 Å². The highest BCUT2D eigenvalue weighted by Crippen LogP contribution is 2.12. The minimum atomic E-state index is -1.25. The van der Waals surface area contributed by atoms with Gasteiger partial charge in [0, 0.05) is 13.0 Å². The van der Waals surface area contributed by atoms with Crippen molar-refractivity contribution in [1.82, 2.24) is 4.90 Å². The Hall–Kier alpha value is -1.47. The third-order valence-corrected chi connectivity index (χ3v) is 3.09. The van der Waals surface area contributed by atoms with E-state index in [1.165, 1.54) is 6.92 Å². The van der Waals surface area contributed by atoms with Gasteiger partial charge in [-0.2, -0.15) is 0 Å². The standard InChI is InChI=1S/C14H26N2O5/c1-9(2)8-11(15)13(19)16(10(3)14(20)21)12(18)6-4-5-7-17/h9-11,17H,4-8,15H2,1-3H3,(H,20,21)/t10-,11-/m0/s1. The second kappa shape index (κ2) is 9.46. The molecule has 7 heteroatoms. The van der Waals surface area contributed by atoms with Gasteiger partial charge < -0.3 is 15.9 Å². The molecule has 0 aliphatic carbocycles. The van der Waals surface area contributed by atoms with Crippen LogP contribution >= 0.6 is 0 Å². The van der Waals surface area contributed by atoms with Crippen molar-refractivity contribution in [3.63, 3.8) is 0 Å². The topological polar surface area (TPSA) is 121 Å². The normalized spacial score (nSPS) is 13.8. The van der Waals surface area contributed by atoms with E-state index in [2.05, 4.69) is 0 Å². The minimum Gasteiger partial charge on any atom is -0.480 e. The summed E-state index contributed by atoms with van der Waals surface area (Å²) >= 11 is 0. The zero-order valence-corrected chi connectivity index (χ0v) is 12.9. The fraction of sp³-hybridized carbons (Fsp3) is 0.786. The van der Waals surface area contributed by atoms with E-state index < -0.39 is 29.9 Å². The van der Waals surface area contributed by atoms with Gasteiger partial charge in [-0.3, -0.25) is 14.5 Å². The number of nitrogens with zero attached hydrogens (tertiary/aromatic N) is 1. The van der Waals surface area contributed by atoms with Crippen molar-refractivity contribution in [1.29, 1.82) is 0 Å². The highest BCUT2D eigenvalue weighted by Gasteiger charge is 2.33. The number of rotatable bonds is 9. The number of aliphatic hydroxyl groups excluding tert-OH is 1. The molecule has 2 atom stereocenters. The third kappa shape index (κ3) is 6.68. The average molecular weight is 302 g/mol. The smallest absolute Gasteiger partial charge is 0.326 e. The van der Waals surface area contributed by atoms with Gasteiger partial charge in [-0.05, 0) is 32.1 Å². The number of imide groups is 1. The molecular formula is C14H26N2O5. The number of carbonyl (C=O) groups is 3. The van der Waals surface area contributed by atoms with E-state index >= 15 is 0 Å². The minimum absolute atomic E-state index is 0.0122. The Morgan fingerprint density at radius 3 is 2.14 bits per heavy atom. The number of carboxylic acid groups (broad SMARTS) is 1. The number of hydrogen-bond acceptors (Lipinski definition) is 5. The van der Waals surface area contributed by atoms with Crippen molar-refractivity contribution in [3.05, 3.63) is 0 Å². The summed E-state index contributed by atoms with van der Waals surface area (Å²) in [6.07, 6.45) is 1.21. The molecule has 4 N–H and O–H groups in total. The molecular weight excluding hydrogens is 276 g/mol. The molecule has 0 aliphatic heterocycles. The monoisotopic (exact) mass is 302 g/mol. The molecule has 0 saturated heterocycles.